The molecule has 0 aliphatic carbocycles. The van der Waals surface area contributed by atoms with E-state index in [2.05, 4.69) is 15.6 Å². The van der Waals surface area contributed by atoms with Gasteiger partial charge in [-0.1, -0.05) is 6.07 Å². The van der Waals surface area contributed by atoms with Gasteiger partial charge in [-0.2, -0.15) is 4.98 Å². The molecule has 3 rings (SSSR count). The second-order valence-electron chi connectivity index (χ2n) is 4.43. The van der Waals surface area contributed by atoms with Crippen molar-refractivity contribution in [3.05, 3.63) is 64.4 Å². The van der Waals surface area contributed by atoms with Crippen LogP contribution in [0, 0.1) is 5.82 Å². The first-order valence-corrected chi connectivity index (χ1v) is 7.37. The van der Waals surface area contributed by atoms with Crippen molar-refractivity contribution in [3.8, 4) is 0 Å². The predicted octanol–water partition coefficient (Wildman–Crippen LogP) is 3.38. The van der Waals surface area contributed by atoms with Gasteiger partial charge in [0.25, 0.3) is 11.8 Å². The van der Waals surface area contributed by atoms with Gasteiger partial charge in [0.2, 0.25) is 0 Å². The Morgan fingerprint density at radius 2 is 1.87 bits per heavy atom. The standard InChI is InChI=1S/C15H10FN3O3S/c16-9-3-5-10(6-4-9)17-13(20)11-8-22-15(18-11)19-14(21)12-2-1-7-23-12/h1-8H,(H,17,20)(H,18,19,21). The summed E-state index contributed by atoms with van der Waals surface area (Å²) in [6.45, 7) is 0. The molecule has 2 heterocycles. The Balaban J connectivity index is 1.65. The van der Waals surface area contributed by atoms with Crippen LogP contribution in [0.4, 0.5) is 16.1 Å². The number of hydrogen-bond acceptors (Lipinski definition) is 5. The first kappa shape index (κ1) is 14.9. The molecular weight excluding hydrogens is 321 g/mol. The first-order chi connectivity index (χ1) is 11.1. The summed E-state index contributed by atoms with van der Waals surface area (Å²) >= 11 is 1.27. The van der Waals surface area contributed by atoms with Crippen molar-refractivity contribution in [2.24, 2.45) is 0 Å². The predicted molar refractivity (Wildman–Crippen MR) is 83.1 cm³/mol. The number of amides is 2. The fourth-order valence-electron chi connectivity index (χ4n) is 1.73. The molecule has 3 aromatic rings. The SMILES string of the molecule is O=C(Nc1ccc(F)cc1)c1coc(NC(=O)c2cccs2)n1. The molecule has 116 valence electrons. The number of oxazole rings is 1. The van der Waals surface area contributed by atoms with E-state index >= 15 is 0 Å². The third-order valence-electron chi connectivity index (χ3n) is 2.80. The topological polar surface area (TPSA) is 84.2 Å². The fourth-order valence-corrected chi connectivity index (χ4v) is 2.35. The zero-order chi connectivity index (χ0) is 16.2. The second kappa shape index (κ2) is 6.41. The molecule has 0 aliphatic heterocycles. The third kappa shape index (κ3) is 3.61. The lowest BCUT2D eigenvalue weighted by atomic mass is 10.3. The van der Waals surface area contributed by atoms with Gasteiger partial charge < -0.3 is 9.73 Å². The number of nitrogens with zero attached hydrogens (tertiary/aromatic N) is 1. The lowest BCUT2D eigenvalue weighted by Gasteiger charge is -2.01. The van der Waals surface area contributed by atoms with Crippen molar-refractivity contribution in [3.63, 3.8) is 0 Å². The third-order valence-corrected chi connectivity index (χ3v) is 3.67. The first-order valence-electron chi connectivity index (χ1n) is 6.49. The van der Waals surface area contributed by atoms with E-state index in [1.54, 1.807) is 17.5 Å². The van der Waals surface area contributed by atoms with E-state index < -0.39 is 11.7 Å². The number of carbonyl (C=O) groups is 2. The molecule has 0 fully saturated rings. The van der Waals surface area contributed by atoms with Gasteiger partial charge in [0, 0.05) is 5.69 Å². The molecule has 0 saturated carbocycles. The molecule has 0 spiro atoms. The van der Waals surface area contributed by atoms with Gasteiger partial charge in [-0.15, -0.1) is 11.3 Å². The number of thiophene rings is 1. The van der Waals surface area contributed by atoms with Gasteiger partial charge in [0.05, 0.1) is 4.88 Å². The monoisotopic (exact) mass is 331 g/mol. The lowest BCUT2D eigenvalue weighted by Crippen LogP contribution is -2.13. The molecular formula is C15H10FN3O3S. The van der Waals surface area contributed by atoms with Crippen LogP contribution in [-0.4, -0.2) is 16.8 Å². The lowest BCUT2D eigenvalue weighted by molar-refractivity contribution is 0.101. The second-order valence-corrected chi connectivity index (χ2v) is 5.38. The van der Waals surface area contributed by atoms with Crippen LogP contribution in [0.5, 0.6) is 0 Å². The highest BCUT2D eigenvalue weighted by Crippen LogP contribution is 2.15. The van der Waals surface area contributed by atoms with Gasteiger partial charge in [0.1, 0.15) is 12.1 Å². The van der Waals surface area contributed by atoms with Gasteiger partial charge in [-0.3, -0.25) is 14.9 Å². The van der Waals surface area contributed by atoms with Crippen LogP contribution in [0.1, 0.15) is 20.2 Å². The van der Waals surface area contributed by atoms with Crippen LogP contribution >= 0.6 is 11.3 Å². The largest absolute Gasteiger partial charge is 0.431 e. The molecule has 2 N–H and O–H groups in total. The van der Waals surface area contributed by atoms with Crippen LogP contribution in [0.2, 0.25) is 0 Å². The summed E-state index contributed by atoms with van der Waals surface area (Å²) in [6.07, 6.45) is 1.13. The molecule has 1 aromatic carbocycles. The van der Waals surface area contributed by atoms with E-state index in [1.807, 2.05) is 0 Å². The number of benzene rings is 1. The zero-order valence-electron chi connectivity index (χ0n) is 11.6. The van der Waals surface area contributed by atoms with Gasteiger partial charge in [-0.25, -0.2) is 4.39 Å². The zero-order valence-corrected chi connectivity index (χ0v) is 12.4. The minimum Gasteiger partial charge on any atom is -0.431 e. The Kier molecular flexibility index (Phi) is 4.15. The number of halogens is 1. The summed E-state index contributed by atoms with van der Waals surface area (Å²) in [5.74, 6) is -1.30. The number of aromatic nitrogens is 1. The number of hydrogen-bond donors (Lipinski definition) is 2. The number of nitrogens with one attached hydrogen (secondary N) is 2. The molecule has 0 bridgehead atoms. The van der Waals surface area contributed by atoms with E-state index in [0.29, 0.717) is 10.6 Å². The molecule has 0 radical (unpaired) electrons. The molecule has 8 heteroatoms. The number of anilines is 2. The summed E-state index contributed by atoms with van der Waals surface area (Å²) in [6, 6.07) is 8.63. The van der Waals surface area contributed by atoms with Crippen molar-refractivity contribution in [1.29, 1.82) is 0 Å². The maximum atomic E-state index is 12.8. The summed E-state index contributed by atoms with van der Waals surface area (Å²) in [4.78, 5) is 28.2. The van der Waals surface area contributed by atoms with E-state index in [0.717, 1.165) is 6.26 Å². The summed E-state index contributed by atoms with van der Waals surface area (Å²) in [5, 5.41) is 6.77. The van der Waals surface area contributed by atoms with Crippen molar-refractivity contribution in [2.45, 2.75) is 0 Å². The Bertz CT molecular complexity index is 828. The molecule has 0 saturated heterocycles. The summed E-state index contributed by atoms with van der Waals surface area (Å²) in [5.41, 5.74) is 0.416. The Morgan fingerprint density at radius 3 is 2.57 bits per heavy atom. The molecule has 0 unspecified atom stereocenters. The van der Waals surface area contributed by atoms with E-state index in [-0.39, 0.29) is 17.6 Å². The number of carbonyl (C=O) groups excluding carboxylic acids is 2. The van der Waals surface area contributed by atoms with Crippen LogP contribution in [0.25, 0.3) is 0 Å². The molecule has 0 aliphatic rings. The van der Waals surface area contributed by atoms with Crippen molar-refractivity contribution in [2.75, 3.05) is 10.6 Å². The molecule has 23 heavy (non-hydrogen) atoms. The van der Waals surface area contributed by atoms with Gasteiger partial charge in [-0.05, 0) is 35.7 Å². The molecule has 2 aromatic heterocycles. The fraction of sp³-hybridized carbons (Fsp3) is 0. The highest BCUT2D eigenvalue weighted by Gasteiger charge is 2.15. The average Bonchev–Trinajstić information content (AvgIpc) is 3.20. The maximum Gasteiger partial charge on any atom is 0.302 e. The van der Waals surface area contributed by atoms with Crippen LogP contribution in [0.15, 0.2) is 52.5 Å². The van der Waals surface area contributed by atoms with Crippen molar-refractivity contribution >= 4 is 34.9 Å². The maximum absolute atomic E-state index is 12.8. The van der Waals surface area contributed by atoms with Crippen LogP contribution in [0.3, 0.4) is 0 Å². The van der Waals surface area contributed by atoms with Crippen LogP contribution < -0.4 is 10.6 Å². The molecule has 2 amide bonds. The normalized spacial score (nSPS) is 10.3. The minimum absolute atomic E-state index is 0.00388. The van der Waals surface area contributed by atoms with Gasteiger partial charge in [0.15, 0.2) is 5.69 Å². The van der Waals surface area contributed by atoms with E-state index in [1.165, 1.54) is 35.6 Å². The van der Waals surface area contributed by atoms with E-state index in [9.17, 15) is 14.0 Å². The smallest absolute Gasteiger partial charge is 0.302 e. The Morgan fingerprint density at radius 1 is 1.09 bits per heavy atom. The van der Waals surface area contributed by atoms with Crippen molar-refractivity contribution < 1.29 is 18.4 Å². The minimum atomic E-state index is -0.531. The molecule has 0 atom stereocenters. The van der Waals surface area contributed by atoms with E-state index in [4.69, 9.17) is 4.42 Å². The van der Waals surface area contributed by atoms with Crippen molar-refractivity contribution in [1.82, 2.24) is 4.98 Å². The van der Waals surface area contributed by atoms with Gasteiger partial charge >= 0.3 is 6.01 Å². The summed E-state index contributed by atoms with van der Waals surface area (Å²) in [7, 11) is 0. The highest BCUT2D eigenvalue weighted by atomic mass is 32.1. The number of rotatable bonds is 4. The van der Waals surface area contributed by atoms with Crippen LogP contribution in [-0.2, 0) is 0 Å². The highest BCUT2D eigenvalue weighted by molar-refractivity contribution is 7.12. The molecule has 6 nitrogen and oxygen atoms in total. The average molecular weight is 331 g/mol. The quantitative estimate of drug-likeness (QED) is 0.767. The Labute approximate surface area is 134 Å². The summed E-state index contributed by atoms with van der Waals surface area (Å²) < 4.78 is 17.9. The Hall–Kier alpha value is -3.00.